The van der Waals surface area contributed by atoms with E-state index >= 15 is 0 Å². The Morgan fingerprint density at radius 1 is 1.40 bits per heavy atom. The van der Waals surface area contributed by atoms with Gasteiger partial charge in [-0.05, 0) is 37.5 Å². The number of guanidine groups is 1. The Morgan fingerprint density at radius 2 is 2.20 bits per heavy atom. The first-order valence-electron chi connectivity index (χ1n) is 8.34. The van der Waals surface area contributed by atoms with Gasteiger partial charge in [-0.3, -0.25) is 4.79 Å². The van der Waals surface area contributed by atoms with Crippen molar-refractivity contribution in [1.82, 2.24) is 15.5 Å². The highest BCUT2D eigenvalue weighted by atomic mass is 127. The van der Waals surface area contributed by atoms with Crippen LogP contribution < -0.4 is 10.6 Å². The van der Waals surface area contributed by atoms with Crippen LogP contribution in [0.2, 0.25) is 5.02 Å². The number of nitrogens with one attached hydrogen (secondary N) is 2. The van der Waals surface area contributed by atoms with Crippen LogP contribution in [0, 0.1) is 5.82 Å². The lowest BCUT2D eigenvalue weighted by atomic mass is 10.2. The molecule has 2 N–H and O–H groups in total. The largest absolute Gasteiger partial charge is 0.357 e. The number of carbonyl (C=O) groups excluding carboxylic acids is 1. The van der Waals surface area contributed by atoms with E-state index in [1.165, 1.54) is 6.07 Å². The van der Waals surface area contributed by atoms with Gasteiger partial charge in [0.15, 0.2) is 5.96 Å². The highest BCUT2D eigenvalue weighted by Gasteiger charge is 2.18. The number of halogens is 3. The third-order valence-electron chi connectivity index (χ3n) is 3.82. The first kappa shape index (κ1) is 22.0. The number of rotatable bonds is 7. The molecular weight excluding hydrogens is 458 g/mol. The van der Waals surface area contributed by atoms with E-state index in [4.69, 9.17) is 11.6 Å². The van der Waals surface area contributed by atoms with Crippen molar-refractivity contribution in [2.75, 3.05) is 26.2 Å². The van der Waals surface area contributed by atoms with Crippen LogP contribution in [0.3, 0.4) is 0 Å². The van der Waals surface area contributed by atoms with Gasteiger partial charge in [0.05, 0.1) is 11.6 Å². The number of hydrogen-bond acceptors (Lipinski definition) is 2. The van der Waals surface area contributed by atoms with E-state index in [2.05, 4.69) is 15.6 Å². The molecule has 25 heavy (non-hydrogen) atoms. The zero-order valence-corrected chi connectivity index (χ0v) is 17.4. The predicted molar refractivity (Wildman–Crippen MR) is 110 cm³/mol. The number of carbonyl (C=O) groups is 1. The van der Waals surface area contributed by atoms with E-state index in [-0.39, 0.29) is 34.9 Å². The Morgan fingerprint density at radius 3 is 2.84 bits per heavy atom. The highest BCUT2D eigenvalue weighted by molar-refractivity contribution is 14.0. The molecule has 5 nitrogen and oxygen atoms in total. The molecule has 1 aliphatic heterocycles. The molecule has 0 aromatic heterocycles. The summed E-state index contributed by atoms with van der Waals surface area (Å²) in [5.74, 6) is 0.528. The molecule has 1 saturated heterocycles. The second-order valence-electron chi connectivity index (χ2n) is 5.71. The first-order valence-corrected chi connectivity index (χ1v) is 8.72. The van der Waals surface area contributed by atoms with Gasteiger partial charge in [0.25, 0.3) is 0 Å². The molecule has 2 rings (SSSR count). The molecule has 1 amide bonds. The highest BCUT2D eigenvalue weighted by Crippen LogP contribution is 2.16. The number of nitrogens with zero attached hydrogens (tertiary/aromatic N) is 2. The molecular formula is C17H25ClFIN4O. The average Bonchev–Trinajstić information content (AvgIpc) is 2.97. The van der Waals surface area contributed by atoms with Crippen molar-refractivity contribution in [3.8, 4) is 0 Å². The van der Waals surface area contributed by atoms with Crippen molar-refractivity contribution in [3.05, 3.63) is 34.6 Å². The minimum absolute atomic E-state index is 0. The molecule has 0 saturated carbocycles. The van der Waals surface area contributed by atoms with Crippen molar-refractivity contribution < 1.29 is 9.18 Å². The Hall–Kier alpha value is -1.09. The van der Waals surface area contributed by atoms with E-state index < -0.39 is 5.82 Å². The zero-order chi connectivity index (χ0) is 17.4. The molecule has 140 valence electrons. The minimum atomic E-state index is -0.425. The SMILES string of the molecule is CCNC(=NCc1ccc(F)c(Cl)c1)NCCCN1CCCC1=O.I. The van der Waals surface area contributed by atoms with Crippen LogP contribution in [0.5, 0.6) is 0 Å². The summed E-state index contributed by atoms with van der Waals surface area (Å²) in [4.78, 5) is 17.9. The van der Waals surface area contributed by atoms with Crippen LogP contribution in [0.4, 0.5) is 4.39 Å². The van der Waals surface area contributed by atoms with E-state index in [0.717, 1.165) is 44.6 Å². The molecule has 1 fully saturated rings. The van der Waals surface area contributed by atoms with Gasteiger partial charge in [0.2, 0.25) is 5.91 Å². The number of aliphatic imine (C=N–C) groups is 1. The second kappa shape index (κ2) is 11.5. The van der Waals surface area contributed by atoms with Crippen molar-refractivity contribution in [1.29, 1.82) is 0 Å². The maximum atomic E-state index is 13.2. The Kier molecular flexibility index (Phi) is 10.1. The topological polar surface area (TPSA) is 56.7 Å². The normalized spacial score (nSPS) is 14.4. The average molecular weight is 483 g/mol. The molecule has 0 atom stereocenters. The van der Waals surface area contributed by atoms with Gasteiger partial charge in [0, 0.05) is 32.6 Å². The predicted octanol–water partition coefficient (Wildman–Crippen LogP) is 3.16. The lowest BCUT2D eigenvalue weighted by Crippen LogP contribution is -2.39. The number of amides is 1. The summed E-state index contributed by atoms with van der Waals surface area (Å²) in [6, 6.07) is 4.61. The smallest absolute Gasteiger partial charge is 0.222 e. The number of benzene rings is 1. The molecule has 0 unspecified atom stereocenters. The summed E-state index contributed by atoms with van der Waals surface area (Å²) >= 11 is 5.78. The molecule has 0 spiro atoms. The van der Waals surface area contributed by atoms with E-state index in [1.54, 1.807) is 12.1 Å². The lowest BCUT2D eigenvalue weighted by molar-refractivity contribution is -0.127. The monoisotopic (exact) mass is 482 g/mol. The van der Waals surface area contributed by atoms with Crippen molar-refractivity contribution in [2.24, 2.45) is 4.99 Å². The van der Waals surface area contributed by atoms with Crippen LogP contribution >= 0.6 is 35.6 Å². The molecule has 1 aromatic carbocycles. The van der Waals surface area contributed by atoms with Crippen molar-refractivity contribution >= 4 is 47.4 Å². The van der Waals surface area contributed by atoms with Gasteiger partial charge in [0.1, 0.15) is 5.82 Å². The lowest BCUT2D eigenvalue weighted by Gasteiger charge is -2.16. The van der Waals surface area contributed by atoms with Crippen molar-refractivity contribution in [2.45, 2.75) is 32.7 Å². The van der Waals surface area contributed by atoms with E-state index in [0.29, 0.717) is 18.9 Å². The van der Waals surface area contributed by atoms with Crippen LogP contribution in [-0.4, -0.2) is 42.9 Å². The third-order valence-corrected chi connectivity index (χ3v) is 4.11. The molecule has 1 aliphatic rings. The summed E-state index contributed by atoms with van der Waals surface area (Å²) in [6.45, 7) is 5.55. The van der Waals surface area contributed by atoms with Crippen LogP contribution in [0.15, 0.2) is 23.2 Å². The zero-order valence-electron chi connectivity index (χ0n) is 14.4. The molecule has 0 bridgehead atoms. The van der Waals surface area contributed by atoms with Gasteiger partial charge < -0.3 is 15.5 Å². The van der Waals surface area contributed by atoms with Gasteiger partial charge in [-0.15, -0.1) is 24.0 Å². The van der Waals surface area contributed by atoms with Crippen molar-refractivity contribution in [3.63, 3.8) is 0 Å². The Bertz CT molecular complexity index is 600. The quantitative estimate of drug-likeness (QED) is 0.272. The van der Waals surface area contributed by atoms with Crippen LogP contribution in [0.1, 0.15) is 31.7 Å². The fourth-order valence-electron chi connectivity index (χ4n) is 2.57. The van der Waals surface area contributed by atoms with Crippen LogP contribution in [0.25, 0.3) is 0 Å². The fraction of sp³-hybridized carbons (Fsp3) is 0.529. The molecule has 1 aromatic rings. The maximum absolute atomic E-state index is 13.2. The first-order chi connectivity index (χ1) is 11.6. The standard InChI is InChI=1S/C17H24ClFN4O.HI/c1-2-20-17(21-8-4-10-23-9-3-5-16(23)24)22-12-13-6-7-15(19)14(18)11-13;/h6-7,11H,2-5,8-10,12H2,1H3,(H2,20,21,22);1H. The summed E-state index contributed by atoms with van der Waals surface area (Å²) in [7, 11) is 0. The van der Waals surface area contributed by atoms with Gasteiger partial charge in [-0.25, -0.2) is 9.38 Å². The van der Waals surface area contributed by atoms with Gasteiger partial charge in [-0.2, -0.15) is 0 Å². The third kappa shape index (κ3) is 7.35. The summed E-state index contributed by atoms with van der Waals surface area (Å²) in [5, 5.41) is 6.52. The fourth-order valence-corrected chi connectivity index (χ4v) is 2.77. The second-order valence-corrected chi connectivity index (χ2v) is 6.12. The molecule has 1 heterocycles. The van der Waals surface area contributed by atoms with E-state index in [9.17, 15) is 9.18 Å². The van der Waals surface area contributed by atoms with Gasteiger partial charge in [-0.1, -0.05) is 17.7 Å². The number of hydrogen-bond donors (Lipinski definition) is 2. The molecule has 0 aliphatic carbocycles. The number of likely N-dealkylation sites (tertiary alicyclic amines) is 1. The Balaban J connectivity index is 0.00000312. The van der Waals surface area contributed by atoms with Gasteiger partial charge >= 0.3 is 0 Å². The summed E-state index contributed by atoms with van der Waals surface area (Å²) in [5.41, 5.74) is 0.848. The summed E-state index contributed by atoms with van der Waals surface area (Å²) < 4.78 is 13.2. The summed E-state index contributed by atoms with van der Waals surface area (Å²) in [6.07, 6.45) is 2.52. The molecule has 8 heteroatoms. The maximum Gasteiger partial charge on any atom is 0.222 e. The molecule has 0 radical (unpaired) electrons. The van der Waals surface area contributed by atoms with Crippen LogP contribution in [-0.2, 0) is 11.3 Å². The van der Waals surface area contributed by atoms with E-state index in [1.807, 2.05) is 11.8 Å². The minimum Gasteiger partial charge on any atom is -0.357 e. The Labute approximate surface area is 170 Å².